The molecule has 0 fully saturated rings. The lowest BCUT2D eigenvalue weighted by Gasteiger charge is -2.12. The molecular formula is C12H15N3O3. The van der Waals surface area contributed by atoms with Crippen molar-refractivity contribution < 1.29 is 5.11 Å². The topological polar surface area (TPSA) is 90.2 Å². The van der Waals surface area contributed by atoms with Gasteiger partial charge in [-0.3, -0.25) is 13.9 Å². The predicted octanol–water partition coefficient (Wildman–Crippen LogP) is -0.247. The molecule has 0 amide bonds. The zero-order valence-corrected chi connectivity index (χ0v) is 10.3. The van der Waals surface area contributed by atoms with E-state index in [0.29, 0.717) is 10.9 Å². The van der Waals surface area contributed by atoms with E-state index in [0.717, 1.165) is 4.57 Å². The molecule has 0 radical (unpaired) electrons. The summed E-state index contributed by atoms with van der Waals surface area (Å²) in [5.74, 6) is -0.00871. The third-order valence-electron chi connectivity index (χ3n) is 2.81. The van der Waals surface area contributed by atoms with Crippen LogP contribution in [0, 0.1) is 0 Å². The summed E-state index contributed by atoms with van der Waals surface area (Å²) in [5, 5.41) is 9.73. The van der Waals surface area contributed by atoms with Crippen molar-refractivity contribution in [3.05, 3.63) is 39.0 Å². The fourth-order valence-electron chi connectivity index (χ4n) is 1.95. The highest BCUT2D eigenvalue weighted by atomic mass is 16.3. The summed E-state index contributed by atoms with van der Waals surface area (Å²) in [6.45, 7) is 1.87. The van der Waals surface area contributed by atoms with Crippen molar-refractivity contribution >= 4 is 10.9 Å². The molecule has 6 nitrogen and oxygen atoms in total. The molecule has 0 spiro atoms. The molecule has 1 aromatic carbocycles. The number of hydrogen-bond donors (Lipinski definition) is 2. The lowest BCUT2D eigenvalue weighted by molar-refractivity contribution is 0.475. The van der Waals surface area contributed by atoms with Crippen LogP contribution in [-0.4, -0.2) is 20.3 Å². The molecule has 18 heavy (non-hydrogen) atoms. The van der Waals surface area contributed by atoms with E-state index >= 15 is 0 Å². The summed E-state index contributed by atoms with van der Waals surface area (Å²) >= 11 is 0. The van der Waals surface area contributed by atoms with E-state index in [1.807, 2.05) is 0 Å². The summed E-state index contributed by atoms with van der Waals surface area (Å²) < 4.78 is 2.46. The third kappa shape index (κ3) is 1.91. The quantitative estimate of drug-likeness (QED) is 0.768. The maximum absolute atomic E-state index is 12.2. The lowest BCUT2D eigenvalue weighted by atomic mass is 10.2. The van der Waals surface area contributed by atoms with Crippen LogP contribution in [-0.2, 0) is 13.6 Å². The number of aryl methyl sites for hydroxylation is 1. The molecule has 1 atom stereocenters. The van der Waals surface area contributed by atoms with Gasteiger partial charge in [0.15, 0.2) is 0 Å². The van der Waals surface area contributed by atoms with Crippen LogP contribution in [0.25, 0.3) is 10.9 Å². The van der Waals surface area contributed by atoms with Crippen LogP contribution in [0.3, 0.4) is 0 Å². The first-order chi connectivity index (χ1) is 8.41. The van der Waals surface area contributed by atoms with Gasteiger partial charge < -0.3 is 10.8 Å². The molecule has 0 aliphatic carbocycles. The lowest BCUT2D eigenvalue weighted by Crippen LogP contribution is -2.42. The maximum Gasteiger partial charge on any atom is 0.331 e. The van der Waals surface area contributed by atoms with E-state index in [1.54, 1.807) is 20.0 Å². The van der Waals surface area contributed by atoms with Gasteiger partial charge in [0.05, 0.1) is 10.9 Å². The molecule has 1 aromatic heterocycles. The van der Waals surface area contributed by atoms with E-state index < -0.39 is 11.2 Å². The van der Waals surface area contributed by atoms with E-state index in [9.17, 15) is 14.7 Å². The minimum Gasteiger partial charge on any atom is -0.508 e. The van der Waals surface area contributed by atoms with E-state index in [2.05, 4.69) is 0 Å². The van der Waals surface area contributed by atoms with Crippen molar-refractivity contribution in [2.75, 3.05) is 0 Å². The molecule has 2 rings (SSSR count). The van der Waals surface area contributed by atoms with Gasteiger partial charge in [0.2, 0.25) is 0 Å². The SMILES string of the molecule is CC(N)Cn1c(=O)c2cc(O)ccc2n(C)c1=O. The number of hydrogen-bond acceptors (Lipinski definition) is 4. The molecule has 1 unspecified atom stereocenters. The normalized spacial score (nSPS) is 12.8. The average molecular weight is 249 g/mol. The molecule has 0 saturated heterocycles. The molecule has 1 heterocycles. The molecular weight excluding hydrogens is 234 g/mol. The highest BCUT2D eigenvalue weighted by Gasteiger charge is 2.12. The van der Waals surface area contributed by atoms with E-state index in [-0.39, 0.29) is 18.3 Å². The summed E-state index contributed by atoms with van der Waals surface area (Å²) in [6, 6.07) is 4.04. The average Bonchev–Trinajstić information content (AvgIpc) is 2.31. The van der Waals surface area contributed by atoms with E-state index in [4.69, 9.17) is 5.73 Å². The summed E-state index contributed by atoms with van der Waals surface area (Å²) in [5.41, 5.74) is 5.28. The van der Waals surface area contributed by atoms with Gasteiger partial charge in [-0.2, -0.15) is 0 Å². The van der Waals surface area contributed by atoms with Gasteiger partial charge in [-0.05, 0) is 25.1 Å². The Morgan fingerprint density at radius 2 is 2.06 bits per heavy atom. The molecule has 0 bridgehead atoms. The number of phenols is 1. The summed E-state index contributed by atoms with van der Waals surface area (Å²) in [4.78, 5) is 24.2. The molecule has 2 aromatic rings. The molecule has 0 aliphatic heterocycles. The van der Waals surface area contributed by atoms with Crippen LogP contribution in [0.15, 0.2) is 27.8 Å². The number of nitrogens with zero attached hydrogens (tertiary/aromatic N) is 2. The van der Waals surface area contributed by atoms with Gasteiger partial charge in [-0.1, -0.05) is 0 Å². The van der Waals surface area contributed by atoms with Crippen molar-refractivity contribution in [3.8, 4) is 5.75 Å². The van der Waals surface area contributed by atoms with Gasteiger partial charge in [0, 0.05) is 19.6 Å². The minimum atomic E-state index is -0.429. The number of aromatic hydroxyl groups is 1. The molecule has 3 N–H and O–H groups in total. The Hall–Kier alpha value is -2.08. The van der Waals surface area contributed by atoms with Crippen LogP contribution in [0.4, 0.5) is 0 Å². The van der Waals surface area contributed by atoms with Gasteiger partial charge in [-0.15, -0.1) is 0 Å². The van der Waals surface area contributed by atoms with Crippen LogP contribution < -0.4 is 17.0 Å². The van der Waals surface area contributed by atoms with Gasteiger partial charge in [-0.25, -0.2) is 4.79 Å². The van der Waals surface area contributed by atoms with Crippen molar-refractivity contribution in [3.63, 3.8) is 0 Å². The van der Waals surface area contributed by atoms with Crippen LogP contribution in [0.5, 0.6) is 5.75 Å². The maximum atomic E-state index is 12.2. The third-order valence-corrected chi connectivity index (χ3v) is 2.81. The second-order valence-corrected chi connectivity index (χ2v) is 4.44. The fraction of sp³-hybridized carbons (Fsp3) is 0.333. The Balaban J connectivity index is 2.89. The summed E-state index contributed by atoms with van der Waals surface area (Å²) in [7, 11) is 1.58. The van der Waals surface area contributed by atoms with Crippen LogP contribution in [0.1, 0.15) is 6.92 Å². The number of aromatic nitrogens is 2. The van der Waals surface area contributed by atoms with Crippen LogP contribution >= 0.6 is 0 Å². The monoisotopic (exact) mass is 249 g/mol. The van der Waals surface area contributed by atoms with Crippen molar-refractivity contribution in [1.29, 1.82) is 0 Å². The zero-order chi connectivity index (χ0) is 13.4. The Labute approximate surface area is 103 Å². The Kier molecular flexibility index (Phi) is 2.96. The standard InChI is InChI=1S/C12H15N3O3/c1-7(13)6-15-11(17)9-5-8(16)3-4-10(9)14(2)12(15)18/h3-5,7,16H,6,13H2,1-2H3. The Morgan fingerprint density at radius 3 is 2.67 bits per heavy atom. The largest absolute Gasteiger partial charge is 0.508 e. The highest BCUT2D eigenvalue weighted by molar-refractivity contribution is 5.79. The van der Waals surface area contributed by atoms with E-state index in [1.165, 1.54) is 16.7 Å². The predicted molar refractivity (Wildman–Crippen MR) is 68.8 cm³/mol. The fourth-order valence-corrected chi connectivity index (χ4v) is 1.95. The number of nitrogens with two attached hydrogens (primary N) is 1. The van der Waals surface area contributed by atoms with Gasteiger partial charge in [0.1, 0.15) is 5.75 Å². The van der Waals surface area contributed by atoms with Gasteiger partial charge >= 0.3 is 5.69 Å². The molecule has 6 heteroatoms. The number of phenolic OH excluding ortho intramolecular Hbond substituents is 1. The molecule has 0 saturated carbocycles. The minimum absolute atomic E-state index is 0.00871. The van der Waals surface area contributed by atoms with Crippen molar-refractivity contribution in [1.82, 2.24) is 9.13 Å². The Morgan fingerprint density at radius 1 is 1.39 bits per heavy atom. The number of fused-ring (bicyclic) bond motifs is 1. The number of benzene rings is 1. The highest BCUT2D eigenvalue weighted by Crippen LogP contribution is 2.14. The summed E-state index contributed by atoms with van der Waals surface area (Å²) in [6.07, 6.45) is 0. The first kappa shape index (κ1) is 12.4. The molecule has 0 aliphatic rings. The second-order valence-electron chi connectivity index (χ2n) is 4.44. The second kappa shape index (κ2) is 4.30. The van der Waals surface area contributed by atoms with Crippen LogP contribution in [0.2, 0.25) is 0 Å². The Bertz CT molecular complexity index is 713. The van der Waals surface area contributed by atoms with Crippen molar-refractivity contribution in [2.45, 2.75) is 19.5 Å². The first-order valence-electron chi connectivity index (χ1n) is 5.60. The van der Waals surface area contributed by atoms with Crippen molar-refractivity contribution in [2.24, 2.45) is 12.8 Å². The van der Waals surface area contributed by atoms with Gasteiger partial charge in [0.25, 0.3) is 5.56 Å². The zero-order valence-electron chi connectivity index (χ0n) is 10.3. The molecule has 96 valence electrons. The number of rotatable bonds is 2. The first-order valence-corrected chi connectivity index (χ1v) is 5.60. The smallest absolute Gasteiger partial charge is 0.331 e.